The number of carbonyl (C=O) groups is 1. The van der Waals surface area contributed by atoms with Crippen molar-refractivity contribution in [3.63, 3.8) is 0 Å². The van der Waals surface area contributed by atoms with E-state index >= 15 is 0 Å². The fourth-order valence-corrected chi connectivity index (χ4v) is 2.57. The van der Waals surface area contributed by atoms with Crippen LogP contribution in [0.4, 0.5) is 0 Å². The third kappa shape index (κ3) is 2.67. The van der Waals surface area contributed by atoms with Gasteiger partial charge >= 0.3 is 0 Å². The monoisotopic (exact) mass is 282 g/mol. The Balaban J connectivity index is 1.76. The quantitative estimate of drug-likeness (QED) is 0.772. The van der Waals surface area contributed by atoms with Crippen molar-refractivity contribution in [1.29, 1.82) is 0 Å². The molecule has 0 spiro atoms. The van der Waals surface area contributed by atoms with Crippen LogP contribution in [0.3, 0.4) is 0 Å². The molecule has 3 rings (SSSR count). The number of benzene rings is 1. The number of H-pyrrole nitrogens is 1. The standard InChI is InChI=1S/C16H18N4O/c1-11-9-13-5-3-4-6-14(13)20(11)10-15(21)19-12(2)16-17-7-8-18-16/h3-9,12H,10H2,1-2H3,(H,17,18)(H,19,21). The van der Waals surface area contributed by atoms with E-state index in [0.29, 0.717) is 6.54 Å². The van der Waals surface area contributed by atoms with Gasteiger partial charge in [0.1, 0.15) is 12.4 Å². The summed E-state index contributed by atoms with van der Waals surface area (Å²) in [6.45, 7) is 4.24. The normalized spacial score (nSPS) is 12.5. The molecule has 3 aromatic rings. The molecule has 0 aliphatic carbocycles. The first-order valence-electron chi connectivity index (χ1n) is 6.98. The van der Waals surface area contributed by atoms with Crippen LogP contribution >= 0.6 is 0 Å². The highest BCUT2D eigenvalue weighted by Crippen LogP contribution is 2.19. The number of nitrogens with one attached hydrogen (secondary N) is 2. The number of hydrogen-bond acceptors (Lipinski definition) is 2. The van der Waals surface area contributed by atoms with Gasteiger partial charge in [-0.2, -0.15) is 0 Å². The Morgan fingerprint density at radius 1 is 1.43 bits per heavy atom. The molecule has 2 heterocycles. The molecule has 0 fully saturated rings. The van der Waals surface area contributed by atoms with Crippen LogP contribution in [-0.2, 0) is 11.3 Å². The Kier molecular flexibility index (Phi) is 3.48. The summed E-state index contributed by atoms with van der Waals surface area (Å²) in [6, 6.07) is 10.0. The highest BCUT2D eigenvalue weighted by Gasteiger charge is 2.13. The summed E-state index contributed by atoms with van der Waals surface area (Å²) in [6.07, 6.45) is 3.43. The van der Waals surface area contributed by atoms with Crippen molar-refractivity contribution >= 4 is 16.8 Å². The summed E-state index contributed by atoms with van der Waals surface area (Å²) >= 11 is 0. The van der Waals surface area contributed by atoms with Crippen LogP contribution in [-0.4, -0.2) is 20.4 Å². The van der Waals surface area contributed by atoms with E-state index in [1.807, 2.05) is 36.6 Å². The molecule has 21 heavy (non-hydrogen) atoms. The molecule has 0 saturated heterocycles. The minimum atomic E-state index is -0.130. The van der Waals surface area contributed by atoms with Crippen molar-refractivity contribution < 1.29 is 4.79 Å². The number of aryl methyl sites for hydroxylation is 1. The van der Waals surface area contributed by atoms with Gasteiger partial charge in [-0.05, 0) is 31.4 Å². The SMILES string of the molecule is Cc1cc2ccccc2n1CC(=O)NC(C)c1ncc[nH]1. The second-order valence-corrected chi connectivity index (χ2v) is 5.19. The topological polar surface area (TPSA) is 62.7 Å². The van der Waals surface area contributed by atoms with Gasteiger partial charge in [0, 0.05) is 23.6 Å². The van der Waals surface area contributed by atoms with Crippen LogP contribution < -0.4 is 5.32 Å². The fraction of sp³-hybridized carbons (Fsp3) is 0.250. The molecule has 1 amide bonds. The Morgan fingerprint density at radius 2 is 2.24 bits per heavy atom. The number of carbonyl (C=O) groups excluding carboxylic acids is 1. The highest BCUT2D eigenvalue weighted by molar-refractivity contribution is 5.84. The maximum atomic E-state index is 12.2. The van der Waals surface area contributed by atoms with Crippen LogP contribution in [0.1, 0.15) is 24.5 Å². The molecular weight excluding hydrogens is 264 g/mol. The average Bonchev–Trinajstić information content (AvgIpc) is 3.08. The molecule has 0 bridgehead atoms. The second kappa shape index (κ2) is 5.44. The molecule has 0 saturated carbocycles. The van der Waals surface area contributed by atoms with E-state index < -0.39 is 0 Å². The predicted octanol–water partition coefficient (Wildman–Crippen LogP) is 2.55. The first-order chi connectivity index (χ1) is 10.1. The zero-order valence-corrected chi connectivity index (χ0v) is 12.1. The summed E-state index contributed by atoms with van der Waals surface area (Å²) in [5.74, 6) is 0.737. The van der Waals surface area contributed by atoms with Crippen molar-refractivity contribution in [3.05, 3.63) is 54.2 Å². The van der Waals surface area contributed by atoms with Crippen LogP contribution in [0.15, 0.2) is 42.7 Å². The van der Waals surface area contributed by atoms with Gasteiger partial charge < -0.3 is 14.9 Å². The minimum absolute atomic E-state index is 0.0247. The number of fused-ring (bicyclic) bond motifs is 1. The van der Waals surface area contributed by atoms with Crippen molar-refractivity contribution in [2.24, 2.45) is 0 Å². The van der Waals surface area contributed by atoms with Crippen molar-refractivity contribution in [3.8, 4) is 0 Å². The lowest BCUT2D eigenvalue weighted by Gasteiger charge is -2.13. The number of aromatic amines is 1. The Bertz CT molecular complexity index is 758. The van der Waals surface area contributed by atoms with Gasteiger partial charge in [-0.25, -0.2) is 4.98 Å². The average molecular weight is 282 g/mol. The number of rotatable bonds is 4. The zero-order valence-electron chi connectivity index (χ0n) is 12.1. The van der Waals surface area contributed by atoms with Gasteiger partial charge in [-0.1, -0.05) is 18.2 Å². The first-order valence-corrected chi connectivity index (χ1v) is 6.98. The first kappa shape index (κ1) is 13.4. The number of nitrogens with zero attached hydrogens (tertiary/aromatic N) is 2. The van der Waals surface area contributed by atoms with Gasteiger partial charge in [0.25, 0.3) is 0 Å². The minimum Gasteiger partial charge on any atom is -0.347 e. The Morgan fingerprint density at radius 3 is 3.00 bits per heavy atom. The summed E-state index contributed by atoms with van der Waals surface area (Å²) in [5, 5.41) is 4.11. The predicted molar refractivity (Wildman–Crippen MR) is 81.8 cm³/mol. The lowest BCUT2D eigenvalue weighted by Crippen LogP contribution is -2.30. The smallest absolute Gasteiger partial charge is 0.240 e. The molecule has 5 heteroatoms. The molecule has 1 unspecified atom stereocenters. The molecule has 2 N–H and O–H groups in total. The van der Waals surface area contributed by atoms with Crippen LogP contribution in [0.2, 0.25) is 0 Å². The van der Waals surface area contributed by atoms with E-state index in [-0.39, 0.29) is 11.9 Å². The zero-order chi connectivity index (χ0) is 14.8. The number of aromatic nitrogens is 3. The Labute approximate surface area is 123 Å². The van der Waals surface area contributed by atoms with Crippen molar-refractivity contribution in [2.45, 2.75) is 26.4 Å². The van der Waals surface area contributed by atoms with Gasteiger partial charge in [0.2, 0.25) is 5.91 Å². The fourth-order valence-electron chi connectivity index (χ4n) is 2.57. The lowest BCUT2D eigenvalue weighted by atomic mass is 10.2. The van der Waals surface area contributed by atoms with Gasteiger partial charge in [0.05, 0.1) is 6.04 Å². The number of amides is 1. The van der Waals surface area contributed by atoms with E-state index in [4.69, 9.17) is 0 Å². The summed E-state index contributed by atoms with van der Waals surface area (Å²) < 4.78 is 2.03. The van der Waals surface area contributed by atoms with E-state index in [9.17, 15) is 4.79 Å². The highest BCUT2D eigenvalue weighted by atomic mass is 16.2. The lowest BCUT2D eigenvalue weighted by molar-refractivity contribution is -0.122. The van der Waals surface area contributed by atoms with Gasteiger partial charge in [-0.3, -0.25) is 4.79 Å². The largest absolute Gasteiger partial charge is 0.347 e. The molecule has 0 aliphatic rings. The van der Waals surface area contributed by atoms with Gasteiger partial charge in [-0.15, -0.1) is 0 Å². The van der Waals surface area contributed by atoms with Crippen LogP contribution in [0, 0.1) is 6.92 Å². The number of para-hydroxylation sites is 1. The van der Waals surface area contributed by atoms with E-state index in [1.54, 1.807) is 12.4 Å². The molecule has 1 aromatic carbocycles. The van der Waals surface area contributed by atoms with E-state index in [0.717, 1.165) is 22.4 Å². The molecule has 0 aliphatic heterocycles. The molecule has 5 nitrogen and oxygen atoms in total. The third-order valence-electron chi connectivity index (χ3n) is 3.63. The van der Waals surface area contributed by atoms with E-state index in [2.05, 4.69) is 27.4 Å². The molecule has 1 atom stereocenters. The maximum Gasteiger partial charge on any atom is 0.240 e. The summed E-state index contributed by atoms with van der Waals surface area (Å²) in [7, 11) is 0. The van der Waals surface area contributed by atoms with Crippen molar-refractivity contribution in [2.75, 3.05) is 0 Å². The second-order valence-electron chi connectivity index (χ2n) is 5.19. The molecular formula is C16H18N4O. The van der Waals surface area contributed by atoms with Crippen molar-refractivity contribution in [1.82, 2.24) is 19.9 Å². The summed E-state index contributed by atoms with van der Waals surface area (Å²) in [4.78, 5) is 19.4. The van der Waals surface area contributed by atoms with Crippen LogP contribution in [0.25, 0.3) is 10.9 Å². The maximum absolute atomic E-state index is 12.2. The van der Waals surface area contributed by atoms with E-state index in [1.165, 1.54) is 0 Å². The third-order valence-corrected chi connectivity index (χ3v) is 3.63. The molecule has 2 aromatic heterocycles. The number of imidazole rings is 1. The Hall–Kier alpha value is -2.56. The summed E-state index contributed by atoms with van der Waals surface area (Å²) in [5.41, 5.74) is 2.16. The van der Waals surface area contributed by atoms with Gasteiger partial charge in [0.15, 0.2) is 0 Å². The van der Waals surface area contributed by atoms with Crippen LogP contribution in [0.5, 0.6) is 0 Å². The number of hydrogen-bond donors (Lipinski definition) is 2. The molecule has 0 radical (unpaired) electrons. The molecule has 108 valence electrons.